The molecular formula is C13H24N2O3. The number of nitrogens with zero attached hydrogens (tertiary/aromatic N) is 2. The van der Waals surface area contributed by atoms with Gasteiger partial charge in [0.2, 0.25) is 0 Å². The lowest BCUT2D eigenvalue weighted by atomic mass is 10.3. The number of hydrogen-bond donors (Lipinski definition) is 1. The van der Waals surface area contributed by atoms with E-state index in [1.54, 1.807) is 11.9 Å². The van der Waals surface area contributed by atoms with Gasteiger partial charge >= 0.3 is 12.0 Å². The Kier molecular flexibility index (Phi) is 5.95. The van der Waals surface area contributed by atoms with Crippen molar-refractivity contribution in [3.05, 3.63) is 0 Å². The van der Waals surface area contributed by atoms with Crippen LogP contribution in [0.1, 0.15) is 39.0 Å². The van der Waals surface area contributed by atoms with E-state index in [9.17, 15) is 9.59 Å². The topological polar surface area (TPSA) is 60.9 Å². The molecule has 1 N–H and O–H groups in total. The smallest absolute Gasteiger partial charge is 0.319 e. The van der Waals surface area contributed by atoms with Gasteiger partial charge in [0.05, 0.1) is 0 Å². The summed E-state index contributed by atoms with van der Waals surface area (Å²) < 4.78 is 0. The zero-order valence-electron chi connectivity index (χ0n) is 11.4. The first kappa shape index (κ1) is 14.8. The minimum absolute atomic E-state index is 0.0362. The van der Waals surface area contributed by atoms with Crippen molar-refractivity contribution >= 4 is 12.0 Å². The van der Waals surface area contributed by atoms with Gasteiger partial charge in [-0.15, -0.1) is 0 Å². The summed E-state index contributed by atoms with van der Waals surface area (Å²) in [6, 6.07) is 0.0362. The van der Waals surface area contributed by atoms with Crippen LogP contribution in [-0.4, -0.2) is 53.6 Å². The van der Waals surface area contributed by atoms with E-state index in [4.69, 9.17) is 5.11 Å². The highest BCUT2D eigenvalue weighted by Crippen LogP contribution is 2.30. The number of urea groups is 1. The molecule has 1 saturated carbocycles. The average Bonchev–Trinajstić information content (AvgIpc) is 3.10. The molecule has 0 unspecified atom stereocenters. The van der Waals surface area contributed by atoms with E-state index < -0.39 is 5.97 Å². The summed E-state index contributed by atoms with van der Waals surface area (Å²) in [6.45, 7) is 4.22. The summed E-state index contributed by atoms with van der Waals surface area (Å²) >= 11 is 0. The maximum Gasteiger partial charge on any atom is 0.319 e. The average molecular weight is 256 g/mol. The van der Waals surface area contributed by atoms with Gasteiger partial charge in [0.1, 0.15) is 0 Å². The predicted octanol–water partition coefficient (Wildman–Crippen LogP) is 2.02. The molecule has 0 aliphatic heterocycles. The molecule has 5 nitrogen and oxygen atoms in total. The van der Waals surface area contributed by atoms with Crippen LogP contribution in [0.15, 0.2) is 0 Å². The maximum absolute atomic E-state index is 12.2. The van der Waals surface area contributed by atoms with E-state index in [0.29, 0.717) is 18.9 Å². The Morgan fingerprint density at radius 3 is 2.44 bits per heavy atom. The molecule has 0 aromatic heterocycles. The summed E-state index contributed by atoms with van der Waals surface area (Å²) in [5, 5.41) is 8.57. The molecule has 1 fully saturated rings. The van der Waals surface area contributed by atoms with Gasteiger partial charge in [0.25, 0.3) is 0 Å². The van der Waals surface area contributed by atoms with Gasteiger partial charge in [-0.1, -0.05) is 6.92 Å². The monoisotopic (exact) mass is 256 g/mol. The molecule has 18 heavy (non-hydrogen) atoms. The fourth-order valence-corrected chi connectivity index (χ4v) is 1.95. The highest BCUT2D eigenvalue weighted by Gasteiger charge is 2.27. The van der Waals surface area contributed by atoms with Crippen molar-refractivity contribution < 1.29 is 14.7 Å². The molecule has 0 atom stereocenters. The minimum atomic E-state index is -0.806. The fraction of sp³-hybridized carbons (Fsp3) is 0.846. The summed E-state index contributed by atoms with van der Waals surface area (Å²) in [4.78, 5) is 26.1. The number of rotatable bonds is 8. The number of carboxylic acid groups (broad SMARTS) is 1. The third-order valence-corrected chi connectivity index (χ3v) is 3.15. The van der Waals surface area contributed by atoms with E-state index in [-0.39, 0.29) is 12.5 Å². The van der Waals surface area contributed by atoms with Crippen molar-refractivity contribution in [1.82, 2.24) is 9.80 Å². The Hall–Kier alpha value is -1.26. The lowest BCUT2D eigenvalue weighted by molar-refractivity contribution is -0.137. The number of carbonyl (C=O) groups excluding carboxylic acids is 1. The highest BCUT2D eigenvalue weighted by molar-refractivity contribution is 5.74. The fourth-order valence-electron chi connectivity index (χ4n) is 1.95. The van der Waals surface area contributed by atoms with Crippen molar-refractivity contribution in [3.63, 3.8) is 0 Å². The van der Waals surface area contributed by atoms with Gasteiger partial charge in [-0.05, 0) is 31.6 Å². The summed E-state index contributed by atoms with van der Waals surface area (Å²) in [5.74, 6) is -0.118. The zero-order chi connectivity index (χ0) is 13.5. The first-order chi connectivity index (χ1) is 8.54. The van der Waals surface area contributed by atoms with Gasteiger partial charge in [0.15, 0.2) is 0 Å². The summed E-state index contributed by atoms with van der Waals surface area (Å²) in [6.07, 6.45) is 4.06. The third-order valence-electron chi connectivity index (χ3n) is 3.15. The second-order valence-corrected chi connectivity index (χ2v) is 5.09. The van der Waals surface area contributed by atoms with Crippen molar-refractivity contribution in [2.45, 2.75) is 39.0 Å². The molecule has 0 saturated heterocycles. The quantitative estimate of drug-likeness (QED) is 0.722. The highest BCUT2D eigenvalue weighted by atomic mass is 16.4. The standard InChI is InChI=1S/C13H24N2O3/c1-3-8-15(10-11-6-7-11)13(18)14(2)9-4-5-12(16)17/h11H,3-10H2,1-2H3,(H,16,17). The molecule has 0 bridgehead atoms. The Morgan fingerprint density at radius 2 is 1.94 bits per heavy atom. The van der Waals surface area contributed by atoms with Crippen molar-refractivity contribution in [2.24, 2.45) is 5.92 Å². The van der Waals surface area contributed by atoms with Crippen LogP contribution in [-0.2, 0) is 4.79 Å². The normalized spacial score (nSPS) is 14.3. The van der Waals surface area contributed by atoms with Crippen LogP contribution in [0.4, 0.5) is 4.79 Å². The van der Waals surface area contributed by atoms with E-state index >= 15 is 0 Å². The van der Waals surface area contributed by atoms with Gasteiger partial charge in [-0.25, -0.2) is 4.79 Å². The Labute approximate surface area is 109 Å². The number of carbonyl (C=O) groups is 2. The Bertz CT molecular complexity index is 290. The molecule has 0 heterocycles. The van der Waals surface area contributed by atoms with Gasteiger partial charge in [-0.3, -0.25) is 4.79 Å². The first-order valence-corrected chi connectivity index (χ1v) is 6.76. The maximum atomic E-state index is 12.2. The van der Waals surface area contributed by atoms with E-state index in [1.165, 1.54) is 12.8 Å². The van der Waals surface area contributed by atoms with Crippen molar-refractivity contribution in [3.8, 4) is 0 Å². The molecule has 0 spiro atoms. The molecule has 104 valence electrons. The van der Waals surface area contributed by atoms with Gasteiger partial charge in [-0.2, -0.15) is 0 Å². The molecule has 5 heteroatoms. The van der Waals surface area contributed by atoms with E-state index in [1.807, 2.05) is 4.90 Å². The van der Waals surface area contributed by atoms with Crippen LogP contribution in [0.3, 0.4) is 0 Å². The van der Waals surface area contributed by atoms with Crippen LogP contribution in [0.25, 0.3) is 0 Å². The van der Waals surface area contributed by atoms with Crippen LogP contribution in [0, 0.1) is 5.92 Å². The van der Waals surface area contributed by atoms with Gasteiger partial charge < -0.3 is 14.9 Å². The summed E-state index contributed by atoms with van der Waals surface area (Å²) in [7, 11) is 1.75. The third kappa shape index (κ3) is 5.38. The van der Waals surface area contributed by atoms with Crippen LogP contribution in [0.5, 0.6) is 0 Å². The molecule has 2 amide bonds. The predicted molar refractivity (Wildman–Crippen MR) is 69.5 cm³/mol. The number of aliphatic carboxylic acids is 1. The number of amides is 2. The molecule has 0 aromatic rings. The number of hydrogen-bond acceptors (Lipinski definition) is 2. The largest absolute Gasteiger partial charge is 0.481 e. The van der Waals surface area contributed by atoms with Crippen LogP contribution >= 0.6 is 0 Å². The summed E-state index contributed by atoms with van der Waals surface area (Å²) in [5.41, 5.74) is 0. The minimum Gasteiger partial charge on any atom is -0.481 e. The molecule has 1 rings (SSSR count). The molecule has 0 radical (unpaired) electrons. The Balaban J connectivity index is 2.34. The van der Waals surface area contributed by atoms with Crippen LogP contribution < -0.4 is 0 Å². The van der Waals surface area contributed by atoms with E-state index in [0.717, 1.165) is 19.5 Å². The van der Waals surface area contributed by atoms with Gasteiger partial charge in [0, 0.05) is 33.1 Å². The SMILES string of the molecule is CCCN(CC1CC1)C(=O)N(C)CCCC(=O)O. The van der Waals surface area contributed by atoms with Crippen molar-refractivity contribution in [2.75, 3.05) is 26.7 Å². The van der Waals surface area contributed by atoms with Crippen LogP contribution in [0.2, 0.25) is 0 Å². The first-order valence-electron chi connectivity index (χ1n) is 6.76. The lowest BCUT2D eigenvalue weighted by Crippen LogP contribution is -2.43. The second-order valence-electron chi connectivity index (χ2n) is 5.09. The zero-order valence-corrected chi connectivity index (χ0v) is 11.4. The van der Waals surface area contributed by atoms with Crippen molar-refractivity contribution in [1.29, 1.82) is 0 Å². The second kappa shape index (κ2) is 7.24. The molecule has 1 aliphatic carbocycles. The lowest BCUT2D eigenvalue weighted by Gasteiger charge is -2.28. The Morgan fingerprint density at radius 1 is 1.28 bits per heavy atom. The molecule has 0 aromatic carbocycles. The number of carboxylic acids is 1. The van der Waals surface area contributed by atoms with E-state index in [2.05, 4.69) is 6.92 Å². The molecule has 1 aliphatic rings. The molecular weight excluding hydrogens is 232 g/mol.